The molecule has 1 aromatic carbocycles. The molecule has 1 aliphatic heterocycles. The summed E-state index contributed by atoms with van der Waals surface area (Å²) in [4.78, 5) is 23.1. The third kappa shape index (κ3) is 5.08. The maximum atomic E-state index is 12.4. The highest BCUT2D eigenvalue weighted by Crippen LogP contribution is 2.21. The molecule has 0 bridgehead atoms. The van der Waals surface area contributed by atoms with Gasteiger partial charge in [-0.15, -0.1) is 24.0 Å². The van der Waals surface area contributed by atoms with Gasteiger partial charge in [-0.05, 0) is 40.2 Å². The number of anilines is 1. The van der Waals surface area contributed by atoms with Crippen LogP contribution in [0.25, 0.3) is 5.65 Å². The van der Waals surface area contributed by atoms with Crippen LogP contribution in [-0.4, -0.2) is 40.9 Å². The number of fused-ring (bicyclic) bond motifs is 1. The van der Waals surface area contributed by atoms with Gasteiger partial charge in [0.05, 0.1) is 18.3 Å². The maximum absolute atomic E-state index is 12.4. The van der Waals surface area contributed by atoms with Gasteiger partial charge in [-0.2, -0.15) is 0 Å². The Bertz CT molecular complexity index is 1020. The quantitative estimate of drug-likeness (QED) is 0.288. The second-order valence-electron chi connectivity index (χ2n) is 6.66. The van der Waals surface area contributed by atoms with Crippen molar-refractivity contribution >= 4 is 63.1 Å². The van der Waals surface area contributed by atoms with Gasteiger partial charge in [0, 0.05) is 42.6 Å². The molecule has 152 valence electrons. The Labute approximate surface area is 194 Å². The second kappa shape index (κ2) is 9.57. The molecule has 0 saturated carbocycles. The largest absolute Gasteiger partial charge is 0.351 e. The number of nitrogens with one attached hydrogen (secondary N) is 2. The van der Waals surface area contributed by atoms with Gasteiger partial charge in [0.25, 0.3) is 0 Å². The van der Waals surface area contributed by atoms with Gasteiger partial charge in [-0.3, -0.25) is 9.79 Å². The molecule has 0 aliphatic carbocycles. The number of rotatable bonds is 4. The highest BCUT2D eigenvalue weighted by molar-refractivity contribution is 14.0. The summed E-state index contributed by atoms with van der Waals surface area (Å²) in [5.74, 6) is 0.774. The summed E-state index contributed by atoms with van der Waals surface area (Å²) >= 11 is 3.47. The number of imidazole rings is 1. The van der Waals surface area contributed by atoms with E-state index in [9.17, 15) is 4.79 Å². The maximum Gasteiger partial charge on any atom is 0.229 e. The average molecular weight is 569 g/mol. The Morgan fingerprint density at radius 2 is 2.03 bits per heavy atom. The van der Waals surface area contributed by atoms with Crippen molar-refractivity contribution in [3.05, 3.63) is 65.0 Å². The number of aromatic nitrogens is 2. The van der Waals surface area contributed by atoms with Crippen molar-refractivity contribution in [2.75, 3.05) is 18.5 Å². The minimum absolute atomic E-state index is 0. The van der Waals surface area contributed by atoms with E-state index in [2.05, 4.69) is 36.5 Å². The number of pyridine rings is 1. The van der Waals surface area contributed by atoms with Crippen molar-refractivity contribution in [3.63, 3.8) is 0 Å². The zero-order valence-corrected chi connectivity index (χ0v) is 19.8. The molecule has 2 aromatic heterocycles. The van der Waals surface area contributed by atoms with Crippen molar-refractivity contribution < 1.29 is 4.79 Å². The Kier molecular flexibility index (Phi) is 7.12. The van der Waals surface area contributed by atoms with E-state index in [1.807, 2.05) is 64.2 Å². The lowest BCUT2D eigenvalue weighted by Gasteiger charge is -2.18. The van der Waals surface area contributed by atoms with Crippen molar-refractivity contribution in [2.45, 2.75) is 19.0 Å². The molecule has 4 rings (SSSR count). The van der Waals surface area contributed by atoms with Crippen LogP contribution in [0.3, 0.4) is 0 Å². The lowest BCUT2D eigenvalue weighted by Crippen LogP contribution is -2.44. The van der Waals surface area contributed by atoms with Gasteiger partial charge in [0.15, 0.2) is 5.96 Å². The minimum Gasteiger partial charge on any atom is -0.351 e. The van der Waals surface area contributed by atoms with Crippen molar-refractivity contribution in [1.29, 1.82) is 0 Å². The van der Waals surface area contributed by atoms with Crippen LogP contribution < -0.4 is 15.5 Å². The van der Waals surface area contributed by atoms with Crippen molar-refractivity contribution in [3.8, 4) is 0 Å². The van der Waals surface area contributed by atoms with Gasteiger partial charge in [0.2, 0.25) is 5.91 Å². The number of aliphatic imine (C=N–C) groups is 1. The fourth-order valence-corrected chi connectivity index (χ4v) is 3.68. The van der Waals surface area contributed by atoms with Gasteiger partial charge in [-0.25, -0.2) is 4.98 Å². The van der Waals surface area contributed by atoms with Crippen LogP contribution in [0.5, 0.6) is 0 Å². The first-order valence-electron chi connectivity index (χ1n) is 9.08. The highest BCUT2D eigenvalue weighted by atomic mass is 127. The summed E-state index contributed by atoms with van der Waals surface area (Å²) in [5, 5.41) is 6.62. The minimum atomic E-state index is 0. The smallest absolute Gasteiger partial charge is 0.229 e. The van der Waals surface area contributed by atoms with E-state index in [1.54, 1.807) is 7.05 Å². The summed E-state index contributed by atoms with van der Waals surface area (Å²) < 4.78 is 2.98. The number of hydrogen-bond donors (Lipinski definition) is 2. The van der Waals surface area contributed by atoms with E-state index in [0.29, 0.717) is 25.5 Å². The summed E-state index contributed by atoms with van der Waals surface area (Å²) in [6.45, 7) is 1.16. The van der Waals surface area contributed by atoms with Crippen molar-refractivity contribution in [1.82, 2.24) is 20.0 Å². The molecule has 1 saturated heterocycles. The normalized spacial score (nSPS) is 16.8. The van der Waals surface area contributed by atoms with E-state index in [4.69, 9.17) is 0 Å². The monoisotopic (exact) mass is 568 g/mol. The van der Waals surface area contributed by atoms with Crippen LogP contribution in [0.2, 0.25) is 0 Å². The van der Waals surface area contributed by atoms with Crippen LogP contribution in [0.1, 0.15) is 12.1 Å². The van der Waals surface area contributed by atoms with Crippen LogP contribution in [0.4, 0.5) is 5.69 Å². The fourth-order valence-electron chi connectivity index (χ4n) is 3.33. The molecule has 2 N–H and O–H groups in total. The summed E-state index contributed by atoms with van der Waals surface area (Å²) in [5.41, 5.74) is 2.73. The number of benzene rings is 1. The molecule has 7 nitrogen and oxygen atoms in total. The molecule has 0 radical (unpaired) electrons. The Morgan fingerprint density at radius 1 is 1.24 bits per heavy atom. The molecule has 1 aliphatic rings. The van der Waals surface area contributed by atoms with E-state index >= 15 is 0 Å². The Hall–Kier alpha value is -2.14. The summed E-state index contributed by atoms with van der Waals surface area (Å²) in [6, 6.07) is 13.7. The first-order chi connectivity index (χ1) is 13.6. The molecule has 0 spiro atoms. The van der Waals surface area contributed by atoms with Crippen LogP contribution >= 0.6 is 39.9 Å². The van der Waals surface area contributed by atoms with Gasteiger partial charge in [0.1, 0.15) is 5.65 Å². The lowest BCUT2D eigenvalue weighted by molar-refractivity contribution is -0.117. The average Bonchev–Trinajstić information content (AvgIpc) is 3.28. The summed E-state index contributed by atoms with van der Waals surface area (Å²) in [7, 11) is 1.72. The number of nitrogens with zero attached hydrogens (tertiary/aromatic N) is 4. The van der Waals surface area contributed by atoms with Crippen molar-refractivity contribution in [2.24, 2.45) is 4.99 Å². The number of amides is 1. The third-order valence-corrected chi connectivity index (χ3v) is 5.13. The molecule has 29 heavy (non-hydrogen) atoms. The van der Waals surface area contributed by atoms with E-state index in [-0.39, 0.29) is 35.9 Å². The first kappa shape index (κ1) is 21.6. The van der Waals surface area contributed by atoms with E-state index < -0.39 is 0 Å². The zero-order chi connectivity index (χ0) is 19.5. The number of hydrogen-bond acceptors (Lipinski definition) is 3. The number of carbonyl (C=O) groups is 1. The molecular formula is C20H22BrIN6O. The second-order valence-corrected chi connectivity index (χ2v) is 7.57. The molecule has 3 heterocycles. The predicted molar refractivity (Wildman–Crippen MR) is 129 cm³/mol. The Morgan fingerprint density at radius 3 is 2.79 bits per heavy atom. The SMILES string of the molecule is CN=C(NCc1cn2cc(Br)ccc2n1)NC1CC(=O)N(c2ccccc2)C1.I. The summed E-state index contributed by atoms with van der Waals surface area (Å²) in [6.07, 6.45) is 4.40. The van der Waals surface area contributed by atoms with Crippen LogP contribution in [0.15, 0.2) is 64.3 Å². The fraction of sp³-hybridized carbons (Fsp3) is 0.250. The third-order valence-electron chi connectivity index (χ3n) is 4.66. The topological polar surface area (TPSA) is 74.0 Å². The van der Waals surface area contributed by atoms with Gasteiger partial charge in [-0.1, -0.05) is 18.2 Å². The highest BCUT2D eigenvalue weighted by Gasteiger charge is 2.31. The zero-order valence-electron chi connectivity index (χ0n) is 15.9. The predicted octanol–water partition coefficient (Wildman–Crippen LogP) is 3.19. The lowest BCUT2D eigenvalue weighted by atomic mass is 10.2. The number of para-hydroxylation sites is 1. The van der Waals surface area contributed by atoms with Gasteiger partial charge < -0.3 is 19.9 Å². The molecule has 1 amide bonds. The standard InChI is InChI=1S/C20H21BrN6O.HI/c1-22-20(23-10-16-12-26-11-14(21)7-8-18(26)24-16)25-15-9-19(28)27(13-15)17-5-3-2-4-6-17;/h2-8,11-12,15H,9-10,13H2,1H3,(H2,22,23,25);1H. The van der Waals surface area contributed by atoms with E-state index in [1.165, 1.54) is 0 Å². The van der Waals surface area contributed by atoms with Crippen LogP contribution in [0, 0.1) is 0 Å². The molecule has 9 heteroatoms. The molecular weight excluding hydrogens is 547 g/mol. The Balaban J connectivity index is 0.00000240. The van der Waals surface area contributed by atoms with Gasteiger partial charge >= 0.3 is 0 Å². The molecule has 1 unspecified atom stereocenters. The van der Waals surface area contributed by atoms with Crippen LogP contribution in [-0.2, 0) is 11.3 Å². The number of halogens is 2. The molecule has 1 fully saturated rings. The first-order valence-corrected chi connectivity index (χ1v) is 9.87. The van der Waals surface area contributed by atoms with E-state index in [0.717, 1.165) is 21.5 Å². The molecule has 1 atom stereocenters. The molecule has 3 aromatic rings. The number of guanidine groups is 1. The number of carbonyl (C=O) groups excluding carboxylic acids is 1.